The Balaban J connectivity index is 2.80. The molecule has 1 heterocycles. The van der Waals surface area contributed by atoms with Crippen molar-refractivity contribution >= 4 is 16.2 Å². The summed E-state index contributed by atoms with van der Waals surface area (Å²) in [5, 5.41) is 9.12. The Kier molecular flexibility index (Phi) is 4.48. The van der Waals surface area contributed by atoms with Crippen LogP contribution in [0.25, 0.3) is 0 Å². The molecular weight excluding hydrogens is 248 g/mol. The lowest BCUT2D eigenvalue weighted by Crippen LogP contribution is -2.54. The quantitative estimate of drug-likeness (QED) is 0.626. The van der Waals surface area contributed by atoms with Crippen molar-refractivity contribution in [1.29, 1.82) is 0 Å². The van der Waals surface area contributed by atoms with E-state index in [1.807, 2.05) is 0 Å². The van der Waals surface area contributed by atoms with Crippen molar-refractivity contribution in [1.82, 2.24) is 9.03 Å². The van der Waals surface area contributed by atoms with Gasteiger partial charge in [0, 0.05) is 20.2 Å². The third kappa shape index (κ3) is 2.95. The molecular formula is C9H18N2O5S. The van der Waals surface area contributed by atoms with Crippen molar-refractivity contribution in [3.8, 4) is 0 Å². The maximum atomic E-state index is 11.9. The lowest BCUT2D eigenvalue weighted by atomic mass is 10.0. The number of nitrogens with one attached hydrogen (secondary N) is 1. The minimum atomic E-state index is -3.76. The molecule has 0 bridgehead atoms. The minimum absolute atomic E-state index is 0.130. The summed E-state index contributed by atoms with van der Waals surface area (Å²) in [7, 11) is -2.30. The van der Waals surface area contributed by atoms with E-state index in [-0.39, 0.29) is 19.7 Å². The van der Waals surface area contributed by atoms with E-state index in [9.17, 15) is 13.2 Å². The minimum Gasteiger partial charge on any atom is -0.480 e. The van der Waals surface area contributed by atoms with Crippen molar-refractivity contribution in [3.05, 3.63) is 0 Å². The van der Waals surface area contributed by atoms with Gasteiger partial charge in [0.1, 0.15) is 5.54 Å². The van der Waals surface area contributed by atoms with Crippen LogP contribution in [-0.4, -0.2) is 56.1 Å². The molecule has 0 aromatic heterocycles. The van der Waals surface area contributed by atoms with Crippen molar-refractivity contribution in [2.24, 2.45) is 0 Å². The van der Waals surface area contributed by atoms with Gasteiger partial charge in [-0.2, -0.15) is 17.4 Å². The summed E-state index contributed by atoms with van der Waals surface area (Å²) in [6.45, 7) is 2.03. The van der Waals surface area contributed by atoms with Crippen molar-refractivity contribution in [2.75, 3.05) is 26.8 Å². The van der Waals surface area contributed by atoms with Crippen LogP contribution in [0.2, 0.25) is 0 Å². The predicted octanol–water partition coefficient (Wildman–Crippen LogP) is -0.594. The summed E-state index contributed by atoms with van der Waals surface area (Å²) in [6, 6.07) is 0. The highest BCUT2D eigenvalue weighted by atomic mass is 32.2. The van der Waals surface area contributed by atoms with E-state index in [2.05, 4.69) is 4.72 Å². The molecule has 0 amide bonds. The van der Waals surface area contributed by atoms with Crippen molar-refractivity contribution in [2.45, 2.75) is 25.3 Å². The molecule has 0 aromatic rings. The van der Waals surface area contributed by atoms with E-state index >= 15 is 0 Å². The highest BCUT2D eigenvalue weighted by Gasteiger charge is 2.49. The first kappa shape index (κ1) is 14.4. The molecule has 0 aromatic carbocycles. The molecule has 7 nitrogen and oxygen atoms in total. The predicted molar refractivity (Wildman–Crippen MR) is 60.8 cm³/mol. The van der Waals surface area contributed by atoms with Crippen LogP contribution >= 0.6 is 0 Å². The topological polar surface area (TPSA) is 95.9 Å². The molecule has 0 spiro atoms. The van der Waals surface area contributed by atoms with E-state index in [1.165, 1.54) is 14.0 Å². The number of carboxylic acid groups (broad SMARTS) is 1. The molecule has 100 valence electrons. The van der Waals surface area contributed by atoms with Crippen molar-refractivity contribution < 1.29 is 23.1 Å². The number of nitrogens with zero attached hydrogens (tertiary/aromatic N) is 1. The molecule has 17 heavy (non-hydrogen) atoms. The zero-order valence-electron chi connectivity index (χ0n) is 9.97. The molecule has 1 saturated heterocycles. The van der Waals surface area contributed by atoms with E-state index in [0.29, 0.717) is 12.8 Å². The number of hydrogen-bond donors (Lipinski definition) is 2. The van der Waals surface area contributed by atoms with Gasteiger partial charge in [-0.1, -0.05) is 0 Å². The van der Waals surface area contributed by atoms with Crippen LogP contribution in [0.1, 0.15) is 19.8 Å². The van der Waals surface area contributed by atoms with Gasteiger partial charge < -0.3 is 9.84 Å². The Hall–Kier alpha value is -0.700. The van der Waals surface area contributed by atoms with E-state index in [4.69, 9.17) is 9.84 Å². The molecule has 1 aliphatic heterocycles. The smallest absolute Gasteiger partial charge is 0.324 e. The zero-order valence-corrected chi connectivity index (χ0v) is 10.8. The largest absolute Gasteiger partial charge is 0.480 e. The van der Waals surface area contributed by atoms with E-state index < -0.39 is 21.7 Å². The number of carboxylic acids is 1. The van der Waals surface area contributed by atoms with Crippen LogP contribution in [0.4, 0.5) is 0 Å². The molecule has 0 aliphatic carbocycles. The van der Waals surface area contributed by atoms with Gasteiger partial charge in [-0.25, -0.2) is 0 Å². The summed E-state index contributed by atoms with van der Waals surface area (Å²) in [6.07, 6.45) is 0.876. The standard InChI is InChI=1S/C9H18N2O5S/c1-9(8(12)13)4-3-6-11(9)17(14,15)10-5-7-16-2/h10H,3-7H2,1-2H3,(H,12,13). The van der Waals surface area contributed by atoms with Gasteiger partial charge in [-0.3, -0.25) is 4.79 Å². The van der Waals surface area contributed by atoms with Crippen molar-refractivity contribution in [3.63, 3.8) is 0 Å². The van der Waals surface area contributed by atoms with Crippen LogP contribution in [-0.2, 0) is 19.7 Å². The normalized spacial score (nSPS) is 26.2. The summed E-state index contributed by atoms with van der Waals surface area (Å²) >= 11 is 0. The Labute approximate surface area is 101 Å². The summed E-state index contributed by atoms with van der Waals surface area (Å²) < 4.78 is 31.9. The van der Waals surface area contributed by atoms with Crippen LogP contribution in [0.15, 0.2) is 0 Å². The first-order chi connectivity index (χ1) is 7.84. The van der Waals surface area contributed by atoms with Crippen LogP contribution in [0.3, 0.4) is 0 Å². The molecule has 1 aliphatic rings. The molecule has 0 radical (unpaired) electrons. The molecule has 1 fully saturated rings. The van der Waals surface area contributed by atoms with Crippen LogP contribution in [0, 0.1) is 0 Å². The van der Waals surface area contributed by atoms with Gasteiger partial charge in [0.25, 0.3) is 10.2 Å². The highest BCUT2D eigenvalue weighted by Crippen LogP contribution is 2.31. The third-order valence-corrected chi connectivity index (χ3v) is 4.65. The number of carbonyl (C=O) groups is 1. The van der Waals surface area contributed by atoms with E-state index in [1.54, 1.807) is 0 Å². The molecule has 8 heteroatoms. The number of methoxy groups -OCH3 is 1. The number of hydrogen-bond acceptors (Lipinski definition) is 4. The maximum absolute atomic E-state index is 11.9. The fraction of sp³-hybridized carbons (Fsp3) is 0.889. The highest BCUT2D eigenvalue weighted by molar-refractivity contribution is 7.87. The second-order valence-corrected chi connectivity index (χ2v) is 5.83. The van der Waals surface area contributed by atoms with E-state index in [0.717, 1.165) is 4.31 Å². The first-order valence-corrected chi connectivity index (χ1v) is 6.78. The lowest BCUT2D eigenvalue weighted by molar-refractivity contribution is -0.146. The zero-order chi connectivity index (χ0) is 13.1. The maximum Gasteiger partial charge on any atom is 0.324 e. The third-order valence-electron chi connectivity index (χ3n) is 2.92. The average molecular weight is 266 g/mol. The second-order valence-electron chi connectivity index (χ2n) is 4.15. The first-order valence-electron chi connectivity index (χ1n) is 5.34. The summed E-state index contributed by atoms with van der Waals surface area (Å²) in [4.78, 5) is 11.2. The second kappa shape index (κ2) is 5.30. The van der Waals surface area contributed by atoms with Crippen LogP contribution < -0.4 is 4.72 Å². The Morgan fingerprint density at radius 2 is 2.24 bits per heavy atom. The summed E-state index contributed by atoms with van der Waals surface area (Å²) in [5.41, 5.74) is -1.35. The number of ether oxygens (including phenoxy) is 1. The van der Waals surface area contributed by atoms with Gasteiger partial charge in [-0.05, 0) is 19.8 Å². The molecule has 1 rings (SSSR count). The number of aliphatic carboxylic acids is 1. The monoisotopic (exact) mass is 266 g/mol. The number of rotatable bonds is 6. The SMILES string of the molecule is COCCNS(=O)(=O)N1CCCC1(C)C(=O)O. The Morgan fingerprint density at radius 1 is 1.59 bits per heavy atom. The van der Waals surface area contributed by atoms with Gasteiger partial charge in [0.2, 0.25) is 0 Å². The van der Waals surface area contributed by atoms with Gasteiger partial charge >= 0.3 is 5.97 Å². The Bertz CT molecular complexity index is 383. The average Bonchev–Trinajstić information content (AvgIpc) is 2.63. The van der Waals surface area contributed by atoms with Gasteiger partial charge in [0.15, 0.2) is 0 Å². The van der Waals surface area contributed by atoms with Gasteiger partial charge in [0.05, 0.1) is 6.61 Å². The molecule has 1 unspecified atom stereocenters. The molecule has 2 N–H and O–H groups in total. The summed E-state index contributed by atoms with van der Waals surface area (Å²) in [5.74, 6) is -1.12. The molecule has 0 saturated carbocycles. The van der Waals surface area contributed by atoms with Gasteiger partial charge in [-0.15, -0.1) is 0 Å². The molecule has 1 atom stereocenters. The lowest BCUT2D eigenvalue weighted by Gasteiger charge is -2.30. The fourth-order valence-corrected chi connectivity index (χ4v) is 3.45. The van der Waals surface area contributed by atoms with Crippen LogP contribution in [0.5, 0.6) is 0 Å². The Morgan fingerprint density at radius 3 is 2.76 bits per heavy atom. The fourth-order valence-electron chi connectivity index (χ4n) is 1.89.